The molecule has 18 heavy (non-hydrogen) atoms. The number of benzene rings is 1. The summed E-state index contributed by atoms with van der Waals surface area (Å²) in [5, 5.41) is 4.26. The van der Waals surface area contributed by atoms with Crippen molar-refractivity contribution in [2.24, 2.45) is 0 Å². The number of nitrogens with zero attached hydrogens (tertiary/aromatic N) is 1. The molecule has 0 saturated carbocycles. The second-order valence-electron chi connectivity index (χ2n) is 4.94. The predicted molar refractivity (Wildman–Crippen MR) is 71.6 cm³/mol. The molecular formula is C13H15FN2OS. The fourth-order valence-corrected chi connectivity index (χ4v) is 3.18. The molecule has 3 nitrogen and oxygen atoms in total. The van der Waals surface area contributed by atoms with Crippen molar-refractivity contribution in [1.29, 1.82) is 0 Å². The van der Waals surface area contributed by atoms with Crippen LogP contribution in [0, 0.1) is 5.82 Å². The van der Waals surface area contributed by atoms with Gasteiger partial charge in [0.15, 0.2) is 5.13 Å². The fourth-order valence-electron chi connectivity index (χ4n) is 2.20. The Morgan fingerprint density at radius 3 is 3.11 bits per heavy atom. The third-order valence-corrected chi connectivity index (χ3v) is 4.58. The zero-order valence-electron chi connectivity index (χ0n) is 10.4. The van der Waals surface area contributed by atoms with Crippen molar-refractivity contribution >= 4 is 26.7 Å². The highest BCUT2D eigenvalue weighted by molar-refractivity contribution is 7.22. The molecule has 3 rings (SSSR count). The van der Waals surface area contributed by atoms with Crippen LogP contribution in [0.3, 0.4) is 0 Å². The molecule has 0 aliphatic carbocycles. The number of hydrogen-bond donors (Lipinski definition) is 1. The van der Waals surface area contributed by atoms with Gasteiger partial charge in [0.05, 0.1) is 21.9 Å². The minimum absolute atomic E-state index is 0.0909. The van der Waals surface area contributed by atoms with Crippen LogP contribution in [0.1, 0.15) is 20.3 Å². The van der Waals surface area contributed by atoms with Crippen LogP contribution in [0.4, 0.5) is 9.52 Å². The van der Waals surface area contributed by atoms with Crippen LogP contribution in [-0.2, 0) is 4.74 Å². The van der Waals surface area contributed by atoms with Gasteiger partial charge in [-0.25, -0.2) is 9.37 Å². The van der Waals surface area contributed by atoms with Gasteiger partial charge in [-0.2, -0.15) is 0 Å². The SMILES string of the molecule is CC1OCCC1(C)Nc1nc2cc(F)ccc2s1. The van der Waals surface area contributed by atoms with Crippen molar-refractivity contribution in [3.8, 4) is 0 Å². The molecule has 2 heterocycles. The van der Waals surface area contributed by atoms with E-state index in [1.165, 1.54) is 12.1 Å². The maximum Gasteiger partial charge on any atom is 0.184 e. The summed E-state index contributed by atoms with van der Waals surface area (Å²) in [6, 6.07) is 4.70. The van der Waals surface area contributed by atoms with Crippen LogP contribution in [0.25, 0.3) is 10.2 Å². The van der Waals surface area contributed by atoms with E-state index in [-0.39, 0.29) is 17.5 Å². The average Bonchev–Trinajstić information content (AvgIpc) is 2.83. The highest BCUT2D eigenvalue weighted by atomic mass is 32.1. The number of thiazole rings is 1. The van der Waals surface area contributed by atoms with Crippen LogP contribution >= 0.6 is 11.3 Å². The van der Waals surface area contributed by atoms with E-state index in [9.17, 15) is 4.39 Å². The molecule has 96 valence electrons. The molecule has 2 unspecified atom stereocenters. The van der Waals surface area contributed by atoms with Crippen LogP contribution in [0.2, 0.25) is 0 Å². The summed E-state index contributed by atoms with van der Waals surface area (Å²) in [6.07, 6.45) is 1.11. The van der Waals surface area contributed by atoms with Gasteiger partial charge in [-0.1, -0.05) is 11.3 Å². The van der Waals surface area contributed by atoms with E-state index in [0.29, 0.717) is 5.52 Å². The molecule has 2 aromatic rings. The van der Waals surface area contributed by atoms with E-state index in [4.69, 9.17) is 4.74 Å². The van der Waals surface area contributed by atoms with E-state index >= 15 is 0 Å². The zero-order chi connectivity index (χ0) is 12.8. The van der Waals surface area contributed by atoms with Gasteiger partial charge < -0.3 is 10.1 Å². The van der Waals surface area contributed by atoms with Crippen molar-refractivity contribution in [3.63, 3.8) is 0 Å². The first-order valence-electron chi connectivity index (χ1n) is 6.03. The normalized spacial score (nSPS) is 27.8. The number of halogens is 1. The molecular weight excluding hydrogens is 251 g/mol. The molecule has 1 aliphatic rings. The number of fused-ring (bicyclic) bond motifs is 1. The first-order valence-corrected chi connectivity index (χ1v) is 6.84. The van der Waals surface area contributed by atoms with Crippen molar-refractivity contribution < 1.29 is 9.13 Å². The predicted octanol–water partition coefficient (Wildman–Crippen LogP) is 3.41. The maximum atomic E-state index is 13.1. The standard InChI is InChI=1S/C13H15FN2OS/c1-8-13(2,5-6-17-8)16-12-15-10-7-9(14)3-4-11(10)18-12/h3-4,7-8H,5-6H2,1-2H3,(H,15,16). The summed E-state index contributed by atoms with van der Waals surface area (Å²) in [7, 11) is 0. The van der Waals surface area contributed by atoms with Crippen molar-refractivity contribution in [1.82, 2.24) is 4.98 Å². The van der Waals surface area contributed by atoms with Crippen molar-refractivity contribution in [2.75, 3.05) is 11.9 Å². The Morgan fingerprint density at radius 1 is 1.56 bits per heavy atom. The number of rotatable bonds is 2. The molecule has 0 bridgehead atoms. The summed E-state index contributed by atoms with van der Waals surface area (Å²) >= 11 is 1.55. The number of aromatic nitrogens is 1. The van der Waals surface area contributed by atoms with Gasteiger partial charge in [-0.15, -0.1) is 0 Å². The van der Waals surface area contributed by atoms with Gasteiger partial charge in [0, 0.05) is 12.7 Å². The number of nitrogens with one attached hydrogen (secondary N) is 1. The molecule has 5 heteroatoms. The number of anilines is 1. The Morgan fingerprint density at radius 2 is 2.39 bits per heavy atom. The van der Waals surface area contributed by atoms with Gasteiger partial charge >= 0.3 is 0 Å². The molecule has 1 aromatic carbocycles. The Balaban J connectivity index is 1.91. The zero-order valence-corrected chi connectivity index (χ0v) is 11.2. The van der Waals surface area contributed by atoms with E-state index in [1.54, 1.807) is 17.4 Å². The minimum atomic E-state index is -0.247. The molecule has 1 saturated heterocycles. The van der Waals surface area contributed by atoms with Crippen molar-refractivity contribution in [3.05, 3.63) is 24.0 Å². The lowest BCUT2D eigenvalue weighted by atomic mass is 9.95. The second-order valence-corrected chi connectivity index (χ2v) is 5.97. The van der Waals surface area contributed by atoms with Crippen LogP contribution in [0.15, 0.2) is 18.2 Å². The summed E-state index contributed by atoms with van der Waals surface area (Å²) in [5.74, 6) is -0.247. The van der Waals surface area contributed by atoms with Gasteiger partial charge in [0.1, 0.15) is 5.82 Å². The minimum Gasteiger partial charge on any atom is -0.376 e. The van der Waals surface area contributed by atoms with E-state index in [1.807, 2.05) is 0 Å². The lowest BCUT2D eigenvalue weighted by Crippen LogP contribution is -2.41. The second kappa shape index (κ2) is 4.17. The summed E-state index contributed by atoms with van der Waals surface area (Å²) in [4.78, 5) is 4.43. The van der Waals surface area contributed by atoms with Crippen LogP contribution < -0.4 is 5.32 Å². The van der Waals surface area contributed by atoms with Crippen LogP contribution in [-0.4, -0.2) is 23.2 Å². The van der Waals surface area contributed by atoms with Crippen molar-refractivity contribution in [2.45, 2.75) is 31.9 Å². The first-order chi connectivity index (χ1) is 8.57. The smallest absolute Gasteiger partial charge is 0.184 e. The lowest BCUT2D eigenvalue weighted by Gasteiger charge is -2.28. The largest absolute Gasteiger partial charge is 0.376 e. The highest BCUT2D eigenvalue weighted by Crippen LogP contribution is 2.33. The topological polar surface area (TPSA) is 34.1 Å². The van der Waals surface area contributed by atoms with Gasteiger partial charge in [0.25, 0.3) is 0 Å². The number of hydrogen-bond acceptors (Lipinski definition) is 4. The molecule has 0 radical (unpaired) electrons. The molecule has 1 aliphatic heterocycles. The summed E-state index contributed by atoms with van der Waals surface area (Å²) in [6.45, 7) is 4.97. The quantitative estimate of drug-likeness (QED) is 0.904. The molecule has 2 atom stereocenters. The Kier molecular flexibility index (Phi) is 2.75. The number of ether oxygens (including phenoxy) is 1. The Bertz CT molecular complexity index is 585. The van der Waals surface area contributed by atoms with Gasteiger partial charge in [-0.05, 0) is 32.4 Å². The Labute approximate surface area is 109 Å². The lowest BCUT2D eigenvalue weighted by molar-refractivity contribution is 0.105. The molecule has 0 amide bonds. The molecule has 1 N–H and O–H groups in total. The van der Waals surface area contributed by atoms with Crippen LogP contribution in [0.5, 0.6) is 0 Å². The van der Waals surface area contributed by atoms with Gasteiger partial charge in [-0.3, -0.25) is 0 Å². The van der Waals surface area contributed by atoms with E-state index in [0.717, 1.165) is 22.9 Å². The van der Waals surface area contributed by atoms with E-state index < -0.39 is 0 Å². The molecule has 1 aromatic heterocycles. The third kappa shape index (κ3) is 1.97. The third-order valence-electron chi connectivity index (χ3n) is 3.63. The monoisotopic (exact) mass is 266 g/mol. The summed E-state index contributed by atoms with van der Waals surface area (Å²) in [5.41, 5.74) is 0.615. The fraction of sp³-hybridized carbons (Fsp3) is 0.462. The van der Waals surface area contributed by atoms with Gasteiger partial charge in [0.2, 0.25) is 0 Å². The Hall–Kier alpha value is -1.20. The molecule has 1 fully saturated rings. The summed E-state index contributed by atoms with van der Waals surface area (Å²) < 4.78 is 19.7. The maximum absolute atomic E-state index is 13.1. The molecule has 0 spiro atoms. The highest BCUT2D eigenvalue weighted by Gasteiger charge is 2.37. The van der Waals surface area contributed by atoms with E-state index in [2.05, 4.69) is 24.1 Å². The first kappa shape index (κ1) is 11.9. The average molecular weight is 266 g/mol.